The van der Waals surface area contributed by atoms with Gasteiger partial charge in [-0.15, -0.1) is 11.3 Å². The molecular weight excluding hydrogens is 228 g/mol. The van der Waals surface area contributed by atoms with Crippen molar-refractivity contribution in [2.45, 2.75) is 6.42 Å². The zero-order valence-electron chi connectivity index (χ0n) is 9.13. The highest BCUT2D eigenvalue weighted by Crippen LogP contribution is 2.18. The molecule has 0 bridgehead atoms. The second-order valence-electron chi connectivity index (χ2n) is 3.92. The van der Waals surface area contributed by atoms with Crippen molar-refractivity contribution in [1.29, 1.82) is 5.26 Å². The summed E-state index contributed by atoms with van der Waals surface area (Å²) in [5.74, 6) is 0. The van der Waals surface area contributed by atoms with Crippen molar-refractivity contribution in [3.63, 3.8) is 0 Å². The number of rotatable bonds is 2. The predicted molar refractivity (Wildman–Crippen MR) is 69.2 cm³/mol. The summed E-state index contributed by atoms with van der Waals surface area (Å²) in [7, 11) is 0. The lowest BCUT2D eigenvalue weighted by atomic mass is 10.1. The Hall–Kier alpha value is -2.05. The van der Waals surface area contributed by atoms with E-state index >= 15 is 0 Å². The van der Waals surface area contributed by atoms with Gasteiger partial charge in [0.1, 0.15) is 0 Å². The molecule has 2 aromatic heterocycles. The van der Waals surface area contributed by atoms with E-state index in [2.05, 4.69) is 34.2 Å². The van der Waals surface area contributed by atoms with Gasteiger partial charge in [0.2, 0.25) is 0 Å². The SMILES string of the molecule is N#Cc1ccc(Cc2ccc3sccn23)cc1. The molecule has 0 amide bonds. The van der Waals surface area contributed by atoms with E-state index in [1.54, 1.807) is 11.3 Å². The monoisotopic (exact) mass is 238 g/mol. The molecule has 0 fully saturated rings. The van der Waals surface area contributed by atoms with Gasteiger partial charge in [-0.25, -0.2) is 0 Å². The zero-order chi connectivity index (χ0) is 11.7. The third-order valence-corrected chi connectivity index (χ3v) is 3.66. The Morgan fingerprint density at radius 3 is 2.71 bits per heavy atom. The fourth-order valence-corrected chi connectivity index (χ4v) is 2.71. The van der Waals surface area contributed by atoms with Crippen LogP contribution in [0, 0.1) is 11.3 Å². The number of nitrogens with zero attached hydrogens (tertiary/aromatic N) is 2. The molecule has 3 aromatic rings. The van der Waals surface area contributed by atoms with Gasteiger partial charge < -0.3 is 4.40 Å². The average Bonchev–Trinajstić information content (AvgIpc) is 2.95. The highest BCUT2D eigenvalue weighted by Gasteiger charge is 2.03. The van der Waals surface area contributed by atoms with Gasteiger partial charge in [0.15, 0.2) is 0 Å². The minimum absolute atomic E-state index is 0.713. The molecule has 3 rings (SSSR count). The first kappa shape index (κ1) is 10.1. The van der Waals surface area contributed by atoms with Crippen LogP contribution in [0.15, 0.2) is 48.0 Å². The van der Waals surface area contributed by atoms with Crippen LogP contribution in [0.25, 0.3) is 4.83 Å². The molecule has 1 aromatic carbocycles. The van der Waals surface area contributed by atoms with Crippen LogP contribution >= 0.6 is 11.3 Å². The van der Waals surface area contributed by atoms with Crippen molar-refractivity contribution < 1.29 is 0 Å². The number of thiazole rings is 1. The summed E-state index contributed by atoms with van der Waals surface area (Å²) in [5, 5.41) is 10.8. The van der Waals surface area contributed by atoms with Crippen molar-refractivity contribution >= 4 is 16.2 Å². The molecule has 82 valence electrons. The lowest BCUT2D eigenvalue weighted by molar-refractivity contribution is 1.04. The number of aromatic nitrogens is 1. The summed E-state index contributed by atoms with van der Waals surface area (Å²) in [6.07, 6.45) is 3.00. The van der Waals surface area contributed by atoms with Crippen LogP contribution in [0.4, 0.5) is 0 Å². The van der Waals surface area contributed by atoms with Crippen LogP contribution in [-0.4, -0.2) is 4.40 Å². The number of fused-ring (bicyclic) bond motifs is 1. The highest BCUT2D eigenvalue weighted by atomic mass is 32.1. The van der Waals surface area contributed by atoms with E-state index in [4.69, 9.17) is 5.26 Å². The predicted octanol–water partition coefficient (Wildman–Crippen LogP) is 3.46. The van der Waals surface area contributed by atoms with Crippen molar-refractivity contribution in [2.24, 2.45) is 0 Å². The molecule has 0 aliphatic carbocycles. The molecule has 2 nitrogen and oxygen atoms in total. The smallest absolute Gasteiger partial charge is 0.0993 e. The molecule has 3 heteroatoms. The van der Waals surface area contributed by atoms with E-state index in [1.807, 2.05) is 24.3 Å². The lowest BCUT2D eigenvalue weighted by Gasteiger charge is -2.01. The van der Waals surface area contributed by atoms with Crippen molar-refractivity contribution in [3.05, 3.63) is 64.8 Å². The van der Waals surface area contributed by atoms with Crippen LogP contribution in [0.2, 0.25) is 0 Å². The molecular formula is C14H10N2S. The van der Waals surface area contributed by atoms with Crippen LogP contribution in [-0.2, 0) is 6.42 Å². The molecule has 0 N–H and O–H groups in total. The second kappa shape index (κ2) is 4.08. The number of hydrogen-bond acceptors (Lipinski definition) is 2. The van der Waals surface area contributed by atoms with Gasteiger partial charge in [-0.2, -0.15) is 5.26 Å². The summed E-state index contributed by atoms with van der Waals surface area (Å²) in [6.45, 7) is 0. The first-order valence-corrected chi connectivity index (χ1v) is 6.27. The maximum atomic E-state index is 8.75. The molecule has 0 aliphatic heterocycles. The summed E-state index contributed by atoms with van der Waals surface area (Å²) in [5.41, 5.74) is 3.23. The molecule has 17 heavy (non-hydrogen) atoms. The topological polar surface area (TPSA) is 28.2 Å². The Morgan fingerprint density at radius 1 is 1.12 bits per heavy atom. The summed E-state index contributed by atoms with van der Waals surface area (Å²) >= 11 is 1.74. The van der Waals surface area contributed by atoms with Gasteiger partial charge in [-0.05, 0) is 29.8 Å². The number of benzene rings is 1. The third-order valence-electron chi connectivity index (χ3n) is 2.83. The largest absolute Gasteiger partial charge is 0.311 e. The molecule has 0 atom stereocenters. The van der Waals surface area contributed by atoms with Crippen LogP contribution in [0.5, 0.6) is 0 Å². The lowest BCUT2D eigenvalue weighted by Crippen LogP contribution is -1.92. The molecule has 0 aliphatic rings. The van der Waals surface area contributed by atoms with E-state index in [1.165, 1.54) is 16.1 Å². The molecule has 0 radical (unpaired) electrons. The van der Waals surface area contributed by atoms with Crippen LogP contribution in [0.3, 0.4) is 0 Å². The van der Waals surface area contributed by atoms with E-state index in [-0.39, 0.29) is 0 Å². The van der Waals surface area contributed by atoms with E-state index in [0.29, 0.717) is 5.56 Å². The van der Waals surface area contributed by atoms with Crippen molar-refractivity contribution in [1.82, 2.24) is 4.40 Å². The molecule has 2 heterocycles. The third kappa shape index (κ3) is 1.83. The second-order valence-corrected chi connectivity index (χ2v) is 4.85. The fraction of sp³-hybridized carbons (Fsp3) is 0.0714. The van der Waals surface area contributed by atoms with E-state index in [9.17, 15) is 0 Å². The van der Waals surface area contributed by atoms with Gasteiger partial charge in [0.05, 0.1) is 16.5 Å². The van der Waals surface area contributed by atoms with Gasteiger partial charge in [-0.3, -0.25) is 0 Å². The minimum atomic E-state index is 0.713. The standard InChI is InChI=1S/C14H10N2S/c15-10-12-3-1-11(2-4-12)9-13-5-6-14-16(13)7-8-17-14/h1-8H,9H2. The Balaban J connectivity index is 1.92. The average molecular weight is 238 g/mol. The van der Waals surface area contributed by atoms with Crippen LogP contribution < -0.4 is 0 Å². The van der Waals surface area contributed by atoms with Gasteiger partial charge in [0, 0.05) is 23.7 Å². The first-order chi connectivity index (χ1) is 8.36. The maximum Gasteiger partial charge on any atom is 0.0993 e. The van der Waals surface area contributed by atoms with E-state index < -0.39 is 0 Å². The maximum absolute atomic E-state index is 8.75. The van der Waals surface area contributed by atoms with Crippen molar-refractivity contribution in [2.75, 3.05) is 0 Å². The van der Waals surface area contributed by atoms with Crippen molar-refractivity contribution in [3.8, 4) is 6.07 Å². The van der Waals surface area contributed by atoms with Crippen LogP contribution in [0.1, 0.15) is 16.8 Å². The molecule has 0 unspecified atom stereocenters. The highest BCUT2D eigenvalue weighted by molar-refractivity contribution is 7.15. The number of nitriles is 1. The Kier molecular flexibility index (Phi) is 2.43. The van der Waals surface area contributed by atoms with E-state index in [0.717, 1.165) is 6.42 Å². The van der Waals surface area contributed by atoms with Gasteiger partial charge in [-0.1, -0.05) is 12.1 Å². The van der Waals surface area contributed by atoms with Gasteiger partial charge >= 0.3 is 0 Å². The number of hydrogen-bond donors (Lipinski definition) is 0. The Bertz CT molecular complexity index is 683. The Morgan fingerprint density at radius 2 is 1.94 bits per heavy atom. The van der Waals surface area contributed by atoms with Gasteiger partial charge in [0.25, 0.3) is 0 Å². The Labute approximate surface area is 103 Å². The summed E-state index contributed by atoms with van der Waals surface area (Å²) in [4.78, 5) is 1.27. The zero-order valence-corrected chi connectivity index (χ0v) is 9.95. The quantitative estimate of drug-likeness (QED) is 0.672. The molecule has 0 spiro atoms. The molecule has 0 saturated heterocycles. The normalized spacial score (nSPS) is 10.5. The first-order valence-electron chi connectivity index (χ1n) is 5.39. The summed E-state index contributed by atoms with van der Waals surface area (Å²) in [6, 6.07) is 14.2. The fourth-order valence-electron chi connectivity index (χ4n) is 1.95. The summed E-state index contributed by atoms with van der Waals surface area (Å²) < 4.78 is 2.21. The minimum Gasteiger partial charge on any atom is -0.311 e. The molecule has 0 saturated carbocycles.